The molecule has 0 aromatic heterocycles. The number of amides is 1. The van der Waals surface area contributed by atoms with Crippen LogP contribution in [0.4, 0.5) is 0 Å². The molecule has 0 aliphatic heterocycles. The Labute approximate surface area is 108 Å². The van der Waals surface area contributed by atoms with Crippen LogP contribution < -0.4 is 10.6 Å². The molecule has 0 spiro atoms. The summed E-state index contributed by atoms with van der Waals surface area (Å²) in [5, 5.41) is 6.01. The average Bonchev–Trinajstić information content (AvgIpc) is 3.19. The molecular formula is C15H18N2O. The van der Waals surface area contributed by atoms with Gasteiger partial charge in [0.1, 0.15) is 0 Å². The molecule has 0 radical (unpaired) electrons. The van der Waals surface area contributed by atoms with E-state index in [2.05, 4.69) is 22.5 Å². The Bertz CT molecular complexity index is 464. The summed E-state index contributed by atoms with van der Waals surface area (Å²) >= 11 is 0. The van der Waals surface area contributed by atoms with Crippen LogP contribution in [0.1, 0.15) is 35.2 Å². The summed E-state index contributed by atoms with van der Waals surface area (Å²) in [4.78, 5) is 11.8. The van der Waals surface area contributed by atoms with E-state index >= 15 is 0 Å². The van der Waals surface area contributed by atoms with Crippen molar-refractivity contribution in [2.75, 3.05) is 13.6 Å². The highest BCUT2D eigenvalue weighted by molar-refractivity contribution is 5.94. The molecule has 3 heteroatoms. The maximum atomic E-state index is 11.8. The van der Waals surface area contributed by atoms with E-state index < -0.39 is 0 Å². The lowest BCUT2D eigenvalue weighted by Crippen LogP contribution is -2.25. The van der Waals surface area contributed by atoms with E-state index in [1.807, 2.05) is 31.3 Å². The summed E-state index contributed by atoms with van der Waals surface area (Å²) in [6, 6.07) is 7.86. The van der Waals surface area contributed by atoms with Crippen molar-refractivity contribution in [1.82, 2.24) is 10.6 Å². The topological polar surface area (TPSA) is 41.1 Å². The number of nitrogens with one attached hydrogen (secondary N) is 2. The molecule has 1 aromatic rings. The molecule has 0 atom stereocenters. The van der Waals surface area contributed by atoms with Crippen molar-refractivity contribution in [3.8, 4) is 11.8 Å². The van der Waals surface area contributed by atoms with Gasteiger partial charge in [0.05, 0.1) is 0 Å². The number of benzene rings is 1. The molecule has 1 fully saturated rings. The molecule has 1 aliphatic rings. The zero-order valence-electron chi connectivity index (χ0n) is 10.6. The van der Waals surface area contributed by atoms with Gasteiger partial charge in [-0.3, -0.25) is 4.79 Å². The largest absolute Gasteiger partial charge is 0.349 e. The molecule has 1 amide bonds. The molecule has 0 saturated heterocycles. The average molecular weight is 242 g/mol. The van der Waals surface area contributed by atoms with Crippen LogP contribution in [0.15, 0.2) is 24.3 Å². The predicted octanol–water partition coefficient (Wildman–Crippen LogP) is 1.54. The first-order chi connectivity index (χ1) is 8.79. The summed E-state index contributed by atoms with van der Waals surface area (Å²) in [6.45, 7) is 0.898. The first-order valence-electron chi connectivity index (χ1n) is 6.34. The summed E-state index contributed by atoms with van der Waals surface area (Å²) in [5.74, 6) is 6.18. The summed E-state index contributed by atoms with van der Waals surface area (Å²) in [7, 11) is 1.91. The fourth-order valence-electron chi connectivity index (χ4n) is 1.55. The van der Waals surface area contributed by atoms with Crippen LogP contribution in [0.2, 0.25) is 0 Å². The lowest BCUT2D eigenvalue weighted by molar-refractivity contribution is 0.0951. The second-order valence-electron chi connectivity index (χ2n) is 4.48. The van der Waals surface area contributed by atoms with Crippen molar-refractivity contribution in [1.29, 1.82) is 0 Å². The summed E-state index contributed by atoms with van der Waals surface area (Å²) in [6.07, 6.45) is 3.06. The molecule has 3 nitrogen and oxygen atoms in total. The van der Waals surface area contributed by atoms with Crippen molar-refractivity contribution >= 4 is 5.91 Å². The molecule has 0 unspecified atom stereocenters. The van der Waals surface area contributed by atoms with Gasteiger partial charge in [0, 0.05) is 30.1 Å². The van der Waals surface area contributed by atoms with Gasteiger partial charge in [-0.2, -0.15) is 0 Å². The van der Waals surface area contributed by atoms with Crippen LogP contribution in [0.5, 0.6) is 0 Å². The van der Waals surface area contributed by atoms with E-state index in [4.69, 9.17) is 0 Å². The molecule has 0 heterocycles. The zero-order chi connectivity index (χ0) is 12.8. The number of carbonyl (C=O) groups is 1. The van der Waals surface area contributed by atoms with Crippen LogP contribution in [0.3, 0.4) is 0 Å². The molecule has 1 aromatic carbocycles. The fourth-order valence-corrected chi connectivity index (χ4v) is 1.55. The minimum absolute atomic E-state index is 0.0205. The van der Waals surface area contributed by atoms with Crippen LogP contribution in [0.25, 0.3) is 0 Å². The smallest absolute Gasteiger partial charge is 0.251 e. The zero-order valence-corrected chi connectivity index (χ0v) is 10.6. The molecule has 2 N–H and O–H groups in total. The highest BCUT2D eigenvalue weighted by Crippen LogP contribution is 2.19. The lowest BCUT2D eigenvalue weighted by Gasteiger charge is -2.02. The Balaban J connectivity index is 1.91. The lowest BCUT2D eigenvalue weighted by atomic mass is 10.1. The van der Waals surface area contributed by atoms with E-state index in [1.54, 1.807) is 0 Å². The molecule has 18 heavy (non-hydrogen) atoms. The van der Waals surface area contributed by atoms with Crippen molar-refractivity contribution in [3.63, 3.8) is 0 Å². The Kier molecular flexibility index (Phi) is 4.38. The van der Waals surface area contributed by atoms with Crippen LogP contribution in [-0.4, -0.2) is 25.5 Å². The predicted molar refractivity (Wildman–Crippen MR) is 72.4 cm³/mol. The molecule has 1 aliphatic carbocycles. The maximum absolute atomic E-state index is 11.8. The first kappa shape index (κ1) is 12.7. The van der Waals surface area contributed by atoms with Gasteiger partial charge in [0.15, 0.2) is 0 Å². The third-order valence-corrected chi connectivity index (χ3v) is 2.79. The van der Waals surface area contributed by atoms with Gasteiger partial charge in [-0.1, -0.05) is 11.8 Å². The Morgan fingerprint density at radius 1 is 1.33 bits per heavy atom. The standard InChI is InChI=1S/C15H18N2O/c1-16-11-3-2-4-12-5-7-13(8-6-12)15(18)17-14-9-10-14/h5-8,14,16H,3,9-11H2,1H3,(H,17,18). The second-order valence-corrected chi connectivity index (χ2v) is 4.48. The SMILES string of the molecule is CNCCC#Cc1ccc(C(=O)NC2CC2)cc1. The van der Waals surface area contributed by atoms with Crippen molar-refractivity contribution in [3.05, 3.63) is 35.4 Å². The Morgan fingerprint density at radius 2 is 2.06 bits per heavy atom. The van der Waals surface area contributed by atoms with E-state index in [9.17, 15) is 4.79 Å². The quantitative estimate of drug-likeness (QED) is 0.621. The van der Waals surface area contributed by atoms with Crippen molar-refractivity contribution in [2.24, 2.45) is 0 Å². The maximum Gasteiger partial charge on any atom is 0.251 e. The number of hydrogen-bond acceptors (Lipinski definition) is 2. The van der Waals surface area contributed by atoms with E-state index in [-0.39, 0.29) is 5.91 Å². The third-order valence-electron chi connectivity index (χ3n) is 2.79. The number of rotatable bonds is 4. The van der Waals surface area contributed by atoms with Gasteiger partial charge in [-0.25, -0.2) is 0 Å². The minimum atomic E-state index is 0.0205. The van der Waals surface area contributed by atoms with Gasteiger partial charge < -0.3 is 10.6 Å². The molecule has 0 bridgehead atoms. The van der Waals surface area contributed by atoms with Gasteiger partial charge in [0.2, 0.25) is 0 Å². The fraction of sp³-hybridized carbons (Fsp3) is 0.400. The monoisotopic (exact) mass is 242 g/mol. The summed E-state index contributed by atoms with van der Waals surface area (Å²) < 4.78 is 0. The molecule has 1 saturated carbocycles. The highest BCUT2D eigenvalue weighted by Gasteiger charge is 2.23. The van der Waals surface area contributed by atoms with E-state index in [1.165, 1.54) is 0 Å². The minimum Gasteiger partial charge on any atom is -0.349 e. The van der Waals surface area contributed by atoms with Crippen molar-refractivity contribution < 1.29 is 4.79 Å². The van der Waals surface area contributed by atoms with E-state index in [0.717, 1.165) is 31.4 Å². The highest BCUT2D eigenvalue weighted by atomic mass is 16.1. The van der Waals surface area contributed by atoms with Gasteiger partial charge in [0.25, 0.3) is 5.91 Å². The summed E-state index contributed by atoms with van der Waals surface area (Å²) in [5.41, 5.74) is 1.66. The van der Waals surface area contributed by atoms with Gasteiger partial charge in [-0.05, 0) is 44.2 Å². The first-order valence-corrected chi connectivity index (χ1v) is 6.34. The Morgan fingerprint density at radius 3 is 2.67 bits per heavy atom. The van der Waals surface area contributed by atoms with Crippen molar-refractivity contribution in [2.45, 2.75) is 25.3 Å². The number of carbonyl (C=O) groups excluding carboxylic acids is 1. The van der Waals surface area contributed by atoms with E-state index in [0.29, 0.717) is 11.6 Å². The Hall–Kier alpha value is -1.79. The normalized spacial score (nSPS) is 13.6. The molecular weight excluding hydrogens is 224 g/mol. The van der Waals surface area contributed by atoms with Crippen LogP contribution in [0, 0.1) is 11.8 Å². The second kappa shape index (κ2) is 6.23. The number of hydrogen-bond donors (Lipinski definition) is 2. The molecule has 94 valence electrons. The molecule has 2 rings (SSSR count). The van der Waals surface area contributed by atoms with Crippen LogP contribution >= 0.6 is 0 Å². The van der Waals surface area contributed by atoms with Gasteiger partial charge in [-0.15, -0.1) is 0 Å². The third kappa shape index (κ3) is 3.90. The van der Waals surface area contributed by atoms with Gasteiger partial charge >= 0.3 is 0 Å². The van der Waals surface area contributed by atoms with Crippen LogP contribution in [-0.2, 0) is 0 Å².